The molecule has 1 fully saturated rings. The van der Waals surface area contributed by atoms with Crippen LogP contribution in [0.1, 0.15) is 37.8 Å². The van der Waals surface area contributed by atoms with Gasteiger partial charge in [0, 0.05) is 0 Å². The number of hydrazone groups is 1. The molecular formula is C21H23N3O3S. The number of carbonyl (C=O) groups is 1. The lowest BCUT2D eigenvalue weighted by Gasteiger charge is -2.10. The highest BCUT2D eigenvalue weighted by atomic mass is 32.2. The van der Waals surface area contributed by atoms with Crippen LogP contribution in [0.2, 0.25) is 0 Å². The summed E-state index contributed by atoms with van der Waals surface area (Å²) < 4.78 is 5.31. The second-order valence-electron chi connectivity index (χ2n) is 6.54. The average Bonchev–Trinajstić information content (AvgIpc) is 3.02. The molecule has 0 saturated carbocycles. The van der Waals surface area contributed by atoms with E-state index in [0.717, 1.165) is 5.69 Å². The summed E-state index contributed by atoms with van der Waals surface area (Å²) in [6.07, 6.45) is 1.52. The topological polar surface area (TPSA) is 74.5 Å². The van der Waals surface area contributed by atoms with Gasteiger partial charge in [0.05, 0.1) is 24.3 Å². The van der Waals surface area contributed by atoms with Crippen LogP contribution in [0.25, 0.3) is 0 Å². The number of aliphatic imine (C=N–C) groups is 1. The standard InChI is InChI=1S/C21H23N3O3S/c1-4-27-19-10-5-15(11-18(19)25)12-22-24-20(26)13-28-21(24)23-17-8-6-16(7-9-17)14(2)3/h5-12,14,25H,4,13H2,1-3H3/b22-12+,23-21?. The molecule has 3 rings (SSSR count). The Morgan fingerprint density at radius 2 is 2.00 bits per heavy atom. The lowest BCUT2D eigenvalue weighted by molar-refractivity contribution is -0.124. The number of carbonyl (C=O) groups excluding carboxylic acids is 1. The molecule has 2 aromatic carbocycles. The number of benzene rings is 2. The highest BCUT2D eigenvalue weighted by Gasteiger charge is 2.28. The minimum absolute atomic E-state index is 0.0343. The third-order valence-electron chi connectivity index (χ3n) is 4.13. The molecule has 28 heavy (non-hydrogen) atoms. The van der Waals surface area contributed by atoms with Crippen molar-refractivity contribution in [2.75, 3.05) is 12.4 Å². The van der Waals surface area contributed by atoms with E-state index in [2.05, 4.69) is 23.9 Å². The molecule has 2 aromatic rings. The van der Waals surface area contributed by atoms with Crippen LogP contribution in [0, 0.1) is 0 Å². The minimum atomic E-state index is -0.131. The van der Waals surface area contributed by atoms with Crippen molar-refractivity contribution in [2.24, 2.45) is 10.1 Å². The molecule has 7 heteroatoms. The quantitative estimate of drug-likeness (QED) is 0.728. The van der Waals surface area contributed by atoms with Gasteiger partial charge in [-0.1, -0.05) is 37.7 Å². The zero-order valence-electron chi connectivity index (χ0n) is 16.1. The third-order valence-corrected chi connectivity index (χ3v) is 5.05. The Bertz CT molecular complexity index is 908. The molecule has 0 aliphatic carbocycles. The number of hydrogen-bond acceptors (Lipinski definition) is 6. The van der Waals surface area contributed by atoms with E-state index in [1.165, 1.54) is 28.5 Å². The molecule has 0 aromatic heterocycles. The van der Waals surface area contributed by atoms with Gasteiger partial charge < -0.3 is 9.84 Å². The van der Waals surface area contributed by atoms with Crippen molar-refractivity contribution >= 4 is 34.7 Å². The first kappa shape index (κ1) is 19.9. The normalized spacial score (nSPS) is 15.9. The summed E-state index contributed by atoms with van der Waals surface area (Å²) in [6.45, 7) is 6.60. The summed E-state index contributed by atoms with van der Waals surface area (Å²) in [5, 5.41) is 16.1. The van der Waals surface area contributed by atoms with Gasteiger partial charge >= 0.3 is 0 Å². The number of hydrogen-bond donors (Lipinski definition) is 1. The number of phenolic OH excluding ortho intramolecular Hbond substituents is 1. The zero-order valence-corrected chi connectivity index (χ0v) is 16.9. The second-order valence-corrected chi connectivity index (χ2v) is 7.48. The first-order valence-electron chi connectivity index (χ1n) is 9.12. The van der Waals surface area contributed by atoms with Gasteiger partial charge in [0.1, 0.15) is 0 Å². The Morgan fingerprint density at radius 1 is 1.25 bits per heavy atom. The van der Waals surface area contributed by atoms with Gasteiger partial charge in [0.15, 0.2) is 16.7 Å². The van der Waals surface area contributed by atoms with Crippen LogP contribution in [0.5, 0.6) is 11.5 Å². The number of amidine groups is 1. The van der Waals surface area contributed by atoms with Gasteiger partial charge in [-0.2, -0.15) is 10.1 Å². The maximum atomic E-state index is 12.2. The van der Waals surface area contributed by atoms with Crippen molar-refractivity contribution < 1.29 is 14.6 Å². The molecular weight excluding hydrogens is 374 g/mol. The van der Waals surface area contributed by atoms with Crippen LogP contribution < -0.4 is 4.74 Å². The van der Waals surface area contributed by atoms with Gasteiger partial charge in [0.25, 0.3) is 5.91 Å². The largest absolute Gasteiger partial charge is 0.504 e. The third kappa shape index (κ3) is 4.72. The monoisotopic (exact) mass is 397 g/mol. The van der Waals surface area contributed by atoms with Gasteiger partial charge in [-0.3, -0.25) is 4.79 Å². The van der Waals surface area contributed by atoms with E-state index in [0.29, 0.717) is 34.8 Å². The smallest absolute Gasteiger partial charge is 0.259 e. The highest BCUT2D eigenvalue weighted by molar-refractivity contribution is 8.15. The summed E-state index contributed by atoms with van der Waals surface area (Å²) in [6, 6.07) is 13.0. The van der Waals surface area contributed by atoms with E-state index in [-0.39, 0.29) is 11.7 Å². The van der Waals surface area contributed by atoms with Crippen molar-refractivity contribution in [3.05, 3.63) is 53.6 Å². The predicted molar refractivity (Wildman–Crippen MR) is 114 cm³/mol. The number of rotatable bonds is 6. The fraction of sp³-hybridized carbons (Fsp3) is 0.286. The van der Waals surface area contributed by atoms with E-state index in [4.69, 9.17) is 4.74 Å². The molecule has 0 bridgehead atoms. The summed E-state index contributed by atoms with van der Waals surface area (Å²) >= 11 is 1.35. The summed E-state index contributed by atoms with van der Waals surface area (Å²) in [7, 11) is 0. The Hall–Kier alpha value is -2.80. The molecule has 6 nitrogen and oxygen atoms in total. The molecule has 1 amide bonds. The molecule has 1 heterocycles. The van der Waals surface area contributed by atoms with Crippen LogP contribution in [0.4, 0.5) is 5.69 Å². The van der Waals surface area contributed by atoms with Crippen LogP contribution in [-0.2, 0) is 4.79 Å². The maximum absolute atomic E-state index is 12.2. The first-order valence-corrected chi connectivity index (χ1v) is 10.1. The first-order chi connectivity index (χ1) is 13.5. The Labute approximate surface area is 168 Å². The predicted octanol–water partition coefficient (Wildman–Crippen LogP) is 4.51. The lowest BCUT2D eigenvalue weighted by atomic mass is 10.0. The van der Waals surface area contributed by atoms with E-state index >= 15 is 0 Å². The Morgan fingerprint density at radius 3 is 2.64 bits per heavy atom. The lowest BCUT2D eigenvalue weighted by Crippen LogP contribution is -2.23. The second kappa shape index (κ2) is 8.93. The van der Waals surface area contributed by atoms with Crippen molar-refractivity contribution in [1.29, 1.82) is 0 Å². The number of aromatic hydroxyl groups is 1. The summed E-state index contributed by atoms with van der Waals surface area (Å²) in [5.74, 6) is 1.07. The number of amides is 1. The molecule has 0 radical (unpaired) electrons. The fourth-order valence-corrected chi connectivity index (χ4v) is 3.43. The van der Waals surface area contributed by atoms with Crippen LogP contribution in [-0.4, -0.2) is 39.8 Å². The summed E-state index contributed by atoms with van der Waals surface area (Å²) in [4.78, 5) is 16.7. The Balaban J connectivity index is 1.78. The van der Waals surface area contributed by atoms with Crippen LogP contribution in [0.3, 0.4) is 0 Å². The number of ether oxygens (including phenoxy) is 1. The van der Waals surface area contributed by atoms with Crippen LogP contribution in [0.15, 0.2) is 52.6 Å². The molecule has 0 unspecified atom stereocenters. The van der Waals surface area contributed by atoms with Gasteiger partial charge in [0.2, 0.25) is 0 Å². The molecule has 1 saturated heterocycles. The van der Waals surface area contributed by atoms with E-state index in [1.807, 2.05) is 31.2 Å². The van der Waals surface area contributed by atoms with E-state index in [9.17, 15) is 9.90 Å². The average molecular weight is 398 g/mol. The minimum Gasteiger partial charge on any atom is -0.504 e. The van der Waals surface area contributed by atoms with Gasteiger partial charge in [-0.15, -0.1) is 0 Å². The number of phenols is 1. The van der Waals surface area contributed by atoms with Crippen LogP contribution >= 0.6 is 11.8 Å². The van der Waals surface area contributed by atoms with Crippen molar-refractivity contribution in [3.8, 4) is 11.5 Å². The molecule has 146 valence electrons. The molecule has 0 atom stereocenters. The zero-order chi connectivity index (χ0) is 20.1. The molecule has 0 spiro atoms. The van der Waals surface area contributed by atoms with Crippen molar-refractivity contribution in [1.82, 2.24) is 5.01 Å². The van der Waals surface area contributed by atoms with E-state index < -0.39 is 0 Å². The molecule has 1 N–H and O–H groups in total. The number of nitrogens with zero attached hydrogens (tertiary/aromatic N) is 3. The summed E-state index contributed by atoms with van der Waals surface area (Å²) in [5.41, 5.74) is 2.68. The van der Waals surface area contributed by atoms with Crippen molar-refractivity contribution in [2.45, 2.75) is 26.7 Å². The van der Waals surface area contributed by atoms with Gasteiger partial charge in [-0.25, -0.2) is 4.99 Å². The number of thioether (sulfide) groups is 1. The van der Waals surface area contributed by atoms with Gasteiger partial charge in [-0.05, 0) is 54.3 Å². The van der Waals surface area contributed by atoms with Crippen molar-refractivity contribution in [3.63, 3.8) is 0 Å². The fourth-order valence-electron chi connectivity index (χ4n) is 2.61. The highest BCUT2D eigenvalue weighted by Crippen LogP contribution is 2.27. The van der Waals surface area contributed by atoms with E-state index in [1.54, 1.807) is 18.2 Å². The maximum Gasteiger partial charge on any atom is 0.259 e. The molecule has 1 aliphatic heterocycles. The SMILES string of the molecule is CCOc1ccc(/C=N/N2C(=O)CSC2=Nc2ccc(C(C)C)cc2)cc1O. The Kier molecular flexibility index (Phi) is 6.36. The molecule has 1 aliphatic rings.